The highest BCUT2D eigenvalue weighted by atomic mass is 32.2. The van der Waals surface area contributed by atoms with Gasteiger partial charge in [-0.05, 0) is 24.3 Å². The molecule has 3 rings (SSSR count). The number of benzene rings is 2. The Bertz CT molecular complexity index is 790. The van der Waals surface area contributed by atoms with E-state index in [9.17, 15) is 9.59 Å². The summed E-state index contributed by atoms with van der Waals surface area (Å²) in [5.74, 6) is 0.135. The summed E-state index contributed by atoms with van der Waals surface area (Å²) in [6, 6.07) is 13.4. The first-order chi connectivity index (χ1) is 11.6. The Labute approximate surface area is 144 Å². The maximum Gasteiger partial charge on any atom is 0.306 e. The van der Waals surface area contributed by atoms with Crippen LogP contribution in [-0.2, 0) is 14.3 Å². The predicted octanol–water partition coefficient (Wildman–Crippen LogP) is 3.78. The molecule has 0 aromatic heterocycles. The van der Waals surface area contributed by atoms with Crippen LogP contribution in [-0.4, -0.2) is 26.1 Å². The second-order valence-corrected chi connectivity index (χ2v) is 6.29. The van der Waals surface area contributed by atoms with Gasteiger partial charge in [-0.25, -0.2) is 0 Å². The summed E-state index contributed by atoms with van der Waals surface area (Å²) < 4.78 is 9.92. The monoisotopic (exact) mass is 343 g/mol. The third-order valence-electron chi connectivity index (χ3n) is 3.75. The van der Waals surface area contributed by atoms with E-state index in [1.54, 1.807) is 23.8 Å². The number of ether oxygens (including phenoxy) is 2. The number of methoxy groups -OCH3 is 2. The van der Waals surface area contributed by atoms with Gasteiger partial charge in [0.05, 0.1) is 32.0 Å². The molecule has 24 heavy (non-hydrogen) atoms. The minimum atomic E-state index is -0.395. The van der Waals surface area contributed by atoms with Gasteiger partial charge >= 0.3 is 5.97 Å². The van der Waals surface area contributed by atoms with Crippen molar-refractivity contribution in [3.8, 4) is 5.75 Å². The zero-order valence-electron chi connectivity index (χ0n) is 13.4. The number of para-hydroxylation sites is 1. The van der Waals surface area contributed by atoms with Crippen LogP contribution in [0, 0.1) is 0 Å². The summed E-state index contributed by atoms with van der Waals surface area (Å²) in [6.45, 7) is 0. The maximum atomic E-state index is 12.8. The number of carbonyl (C=O) groups is 2. The minimum absolute atomic E-state index is 0.0560. The lowest BCUT2D eigenvalue weighted by molar-refractivity contribution is -0.141. The highest BCUT2D eigenvalue weighted by Gasteiger charge is 2.28. The predicted molar refractivity (Wildman–Crippen MR) is 92.0 cm³/mol. The molecule has 1 aliphatic heterocycles. The summed E-state index contributed by atoms with van der Waals surface area (Å²) in [7, 11) is 2.91. The molecule has 0 bridgehead atoms. The molecule has 0 saturated heterocycles. The number of esters is 1. The van der Waals surface area contributed by atoms with Crippen LogP contribution >= 0.6 is 11.8 Å². The third kappa shape index (κ3) is 3.10. The van der Waals surface area contributed by atoms with Crippen molar-refractivity contribution in [3.63, 3.8) is 0 Å². The molecule has 2 aromatic carbocycles. The summed E-state index contributed by atoms with van der Waals surface area (Å²) in [6.07, 6.45) is 0.142. The second-order valence-electron chi connectivity index (χ2n) is 5.21. The Balaban J connectivity index is 2.00. The zero-order valence-corrected chi connectivity index (χ0v) is 14.3. The fourth-order valence-electron chi connectivity index (χ4n) is 2.55. The van der Waals surface area contributed by atoms with Crippen LogP contribution in [0.4, 0.5) is 11.4 Å². The molecule has 124 valence electrons. The second kappa shape index (κ2) is 6.97. The van der Waals surface area contributed by atoms with Gasteiger partial charge in [-0.3, -0.25) is 14.5 Å². The highest BCUT2D eigenvalue weighted by Crippen LogP contribution is 2.49. The highest BCUT2D eigenvalue weighted by molar-refractivity contribution is 7.99. The molecule has 1 heterocycles. The van der Waals surface area contributed by atoms with Gasteiger partial charge in [0, 0.05) is 22.3 Å². The number of anilines is 2. The molecule has 2 aromatic rings. The van der Waals surface area contributed by atoms with Gasteiger partial charge in [0.15, 0.2) is 0 Å². The van der Waals surface area contributed by atoms with Crippen LogP contribution < -0.4 is 9.64 Å². The smallest absolute Gasteiger partial charge is 0.306 e. The summed E-state index contributed by atoms with van der Waals surface area (Å²) in [5.41, 5.74) is 1.59. The van der Waals surface area contributed by atoms with Gasteiger partial charge in [-0.15, -0.1) is 0 Å². The van der Waals surface area contributed by atoms with Crippen molar-refractivity contribution in [2.24, 2.45) is 0 Å². The summed E-state index contributed by atoms with van der Waals surface area (Å²) >= 11 is 1.61. The summed E-state index contributed by atoms with van der Waals surface area (Å²) in [4.78, 5) is 27.8. The molecule has 0 N–H and O–H groups in total. The number of nitrogens with zero attached hydrogens (tertiary/aromatic N) is 1. The normalized spacial score (nSPS) is 12.2. The quantitative estimate of drug-likeness (QED) is 0.791. The van der Waals surface area contributed by atoms with Crippen molar-refractivity contribution in [2.75, 3.05) is 19.1 Å². The zero-order chi connectivity index (χ0) is 17.1. The fraction of sp³-hybridized carbons (Fsp3) is 0.222. The first-order valence-corrected chi connectivity index (χ1v) is 8.30. The lowest BCUT2D eigenvalue weighted by Crippen LogP contribution is -2.28. The SMILES string of the molecule is COC(=O)CCC(=O)N1c2ccccc2Sc2ccc(OC)cc21. The molecule has 5 nitrogen and oxygen atoms in total. The molecule has 0 saturated carbocycles. The van der Waals surface area contributed by atoms with Gasteiger partial charge in [0.25, 0.3) is 0 Å². The van der Waals surface area contributed by atoms with Gasteiger partial charge in [0.1, 0.15) is 5.75 Å². The lowest BCUT2D eigenvalue weighted by atomic mass is 10.2. The number of carbonyl (C=O) groups excluding carboxylic acids is 2. The Morgan fingerprint density at radius 1 is 1.00 bits per heavy atom. The van der Waals surface area contributed by atoms with Crippen LogP contribution in [0.15, 0.2) is 52.3 Å². The Morgan fingerprint density at radius 2 is 1.75 bits per heavy atom. The van der Waals surface area contributed by atoms with Crippen LogP contribution in [0.25, 0.3) is 0 Å². The average molecular weight is 343 g/mol. The van der Waals surface area contributed by atoms with E-state index in [0.29, 0.717) is 5.75 Å². The van der Waals surface area contributed by atoms with E-state index in [-0.39, 0.29) is 18.7 Å². The number of fused-ring (bicyclic) bond motifs is 2. The number of rotatable bonds is 4. The third-order valence-corrected chi connectivity index (χ3v) is 4.88. The molecule has 1 aliphatic rings. The standard InChI is InChI=1S/C18H17NO4S/c1-22-12-7-8-16-14(11-12)19(17(20)9-10-18(21)23-2)13-5-3-4-6-15(13)24-16/h3-8,11H,9-10H2,1-2H3. The van der Waals surface area contributed by atoms with Crippen LogP contribution in [0.3, 0.4) is 0 Å². The van der Waals surface area contributed by atoms with Crippen molar-refractivity contribution in [1.82, 2.24) is 0 Å². The Kier molecular flexibility index (Phi) is 4.76. The number of hydrogen-bond donors (Lipinski definition) is 0. The Morgan fingerprint density at radius 3 is 2.50 bits per heavy atom. The van der Waals surface area contributed by atoms with E-state index in [1.807, 2.05) is 42.5 Å². The maximum absolute atomic E-state index is 12.8. The first-order valence-electron chi connectivity index (χ1n) is 7.48. The molecule has 0 fully saturated rings. The van der Waals surface area contributed by atoms with E-state index in [4.69, 9.17) is 4.74 Å². The van der Waals surface area contributed by atoms with Gasteiger partial charge in [0.2, 0.25) is 5.91 Å². The fourth-order valence-corrected chi connectivity index (χ4v) is 3.59. The lowest BCUT2D eigenvalue weighted by Gasteiger charge is -2.31. The van der Waals surface area contributed by atoms with E-state index < -0.39 is 5.97 Å². The first kappa shape index (κ1) is 16.4. The molecule has 0 aliphatic carbocycles. The molecule has 1 amide bonds. The van der Waals surface area contributed by atoms with Crippen LogP contribution in [0.1, 0.15) is 12.8 Å². The van der Waals surface area contributed by atoms with Crippen molar-refractivity contribution < 1.29 is 19.1 Å². The van der Waals surface area contributed by atoms with Crippen LogP contribution in [0.2, 0.25) is 0 Å². The molecule has 0 unspecified atom stereocenters. The van der Waals surface area contributed by atoms with E-state index in [1.165, 1.54) is 7.11 Å². The minimum Gasteiger partial charge on any atom is -0.497 e. The summed E-state index contributed by atoms with van der Waals surface area (Å²) in [5, 5.41) is 0. The van der Waals surface area contributed by atoms with E-state index in [0.717, 1.165) is 21.2 Å². The van der Waals surface area contributed by atoms with Gasteiger partial charge in [-0.1, -0.05) is 23.9 Å². The average Bonchev–Trinajstić information content (AvgIpc) is 2.63. The van der Waals surface area contributed by atoms with E-state index >= 15 is 0 Å². The van der Waals surface area contributed by atoms with Gasteiger partial charge < -0.3 is 9.47 Å². The van der Waals surface area contributed by atoms with E-state index in [2.05, 4.69) is 4.74 Å². The molecule has 0 spiro atoms. The van der Waals surface area contributed by atoms with Crippen LogP contribution in [0.5, 0.6) is 5.75 Å². The Hall–Kier alpha value is -2.47. The van der Waals surface area contributed by atoms with Crippen molar-refractivity contribution in [1.29, 1.82) is 0 Å². The number of amides is 1. The largest absolute Gasteiger partial charge is 0.497 e. The van der Waals surface area contributed by atoms with Crippen molar-refractivity contribution in [2.45, 2.75) is 22.6 Å². The molecule has 0 radical (unpaired) electrons. The van der Waals surface area contributed by atoms with Crippen molar-refractivity contribution >= 4 is 35.0 Å². The molecule has 0 atom stereocenters. The number of hydrogen-bond acceptors (Lipinski definition) is 5. The molecular formula is C18H17NO4S. The molecule has 6 heteroatoms. The topological polar surface area (TPSA) is 55.8 Å². The molecular weight excluding hydrogens is 326 g/mol. The van der Waals surface area contributed by atoms with Crippen molar-refractivity contribution in [3.05, 3.63) is 42.5 Å². The van der Waals surface area contributed by atoms with Gasteiger partial charge in [-0.2, -0.15) is 0 Å².